The summed E-state index contributed by atoms with van der Waals surface area (Å²) in [5.74, 6) is -0.329. The first-order valence-corrected chi connectivity index (χ1v) is 12.9. The van der Waals surface area contributed by atoms with Gasteiger partial charge in [-0.1, -0.05) is 61.0 Å². The number of likely N-dealkylation sites (tertiary alicyclic amines) is 1. The molecule has 2 aliphatic heterocycles. The number of hydrogen-bond donors (Lipinski definition) is 0. The summed E-state index contributed by atoms with van der Waals surface area (Å²) < 4.78 is 27.2. The molecule has 0 spiro atoms. The van der Waals surface area contributed by atoms with Gasteiger partial charge in [-0.3, -0.25) is 14.6 Å². The summed E-state index contributed by atoms with van der Waals surface area (Å²) >= 11 is 0. The van der Waals surface area contributed by atoms with Crippen LogP contribution in [0.5, 0.6) is 0 Å². The Morgan fingerprint density at radius 3 is 1.92 bits per heavy atom. The molecule has 0 bridgehead atoms. The second-order valence-electron chi connectivity index (χ2n) is 9.83. The van der Waals surface area contributed by atoms with Crippen molar-refractivity contribution in [3.63, 3.8) is 0 Å². The maximum absolute atomic E-state index is 13.6. The SMILES string of the molecule is O=C([C@@H]1CCCCN1Cc1ccccc1)N1CCN(C(c2ccc(F)cc2)c2ccc(F)cc2)CC1. The Hall–Kier alpha value is -3.09. The molecule has 6 heteroatoms. The summed E-state index contributed by atoms with van der Waals surface area (Å²) in [5.41, 5.74) is 3.16. The third-order valence-electron chi connectivity index (χ3n) is 7.49. The molecule has 1 atom stereocenters. The van der Waals surface area contributed by atoms with Crippen LogP contribution < -0.4 is 0 Å². The molecule has 36 heavy (non-hydrogen) atoms. The van der Waals surface area contributed by atoms with Gasteiger partial charge in [0.25, 0.3) is 0 Å². The van der Waals surface area contributed by atoms with Gasteiger partial charge in [-0.05, 0) is 60.3 Å². The average Bonchev–Trinajstić information content (AvgIpc) is 2.92. The minimum atomic E-state index is -0.278. The van der Waals surface area contributed by atoms with E-state index < -0.39 is 0 Å². The lowest BCUT2D eigenvalue weighted by Crippen LogP contribution is -2.56. The highest BCUT2D eigenvalue weighted by atomic mass is 19.1. The summed E-state index contributed by atoms with van der Waals surface area (Å²) in [6.07, 6.45) is 3.11. The fourth-order valence-corrected chi connectivity index (χ4v) is 5.59. The molecular formula is C30H33F2N3O. The Morgan fingerprint density at radius 1 is 0.750 bits per heavy atom. The van der Waals surface area contributed by atoms with Crippen LogP contribution in [-0.2, 0) is 11.3 Å². The molecule has 0 radical (unpaired) electrons. The maximum Gasteiger partial charge on any atom is 0.240 e. The molecule has 4 nitrogen and oxygen atoms in total. The van der Waals surface area contributed by atoms with E-state index in [4.69, 9.17) is 0 Å². The van der Waals surface area contributed by atoms with Crippen molar-refractivity contribution in [2.24, 2.45) is 0 Å². The second kappa shape index (κ2) is 11.3. The quantitative estimate of drug-likeness (QED) is 0.473. The van der Waals surface area contributed by atoms with Gasteiger partial charge in [0, 0.05) is 32.7 Å². The van der Waals surface area contributed by atoms with Crippen LogP contribution in [0.2, 0.25) is 0 Å². The molecule has 0 saturated carbocycles. The van der Waals surface area contributed by atoms with Gasteiger partial charge in [-0.15, -0.1) is 0 Å². The third kappa shape index (κ3) is 5.66. The number of rotatable bonds is 6. The normalized spacial score (nSPS) is 19.5. The summed E-state index contributed by atoms with van der Waals surface area (Å²) in [6.45, 7) is 4.45. The topological polar surface area (TPSA) is 26.8 Å². The van der Waals surface area contributed by atoms with Crippen molar-refractivity contribution >= 4 is 5.91 Å². The zero-order chi connectivity index (χ0) is 24.9. The van der Waals surface area contributed by atoms with E-state index in [9.17, 15) is 13.6 Å². The number of carbonyl (C=O) groups excluding carboxylic acids is 1. The van der Waals surface area contributed by atoms with Gasteiger partial charge in [0.15, 0.2) is 0 Å². The maximum atomic E-state index is 13.6. The molecule has 3 aromatic carbocycles. The van der Waals surface area contributed by atoms with E-state index in [1.807, 2.05) is 23.1 Å². The van der Waals surface area contributed by atoms with Crippen LogP contribution in [0.4, 0.5) is 8.78 Å². The van der Waals surface area contributed by atoms with Crippen molar-refractivity contribution < 1.29 is 13.6 Å². The van der Waals surface area contributed by atoms with Crippen LogP contribution in [0.3, 0.4) is 0 Å². The first-order valence-electron chi connectivity index (χ1n) is 12.9. The fraction of sp³-hybridized carbons (Fsp3) is 0.367. The molecule has 0 aromatic heterocycles. The Bertz CT molecular complexity index is 1080. The number of piperidine rings is 1. The predicted octanol–water partition coefficient (Wildman–Crippen LogP) is 5.25. The number of piperazine rings is 1. The first kappa shape index (κ1) is 24.6. The lowest BCUT2D eigenvalue weighted by atomic mass is 9.96. The van der Waals surface area contributed by atoms with Crippen molar-refractivity contribution in [2.75, 3.05) is 32.7 Å². The Balaban J connectivity index is 1.28. The fourth-order valence-electron chi connectivity index (χ4n) is 5.59. The second-order valence-corrected chi connectivity index (χ2v) is 9.83. The van der Waals surface area contributed by atoms with Crippen LogP contribution >= 0.6 is 0 Å². The van der Waals surface area contributed by atoms with E-state index in [1.54, 1.807) is 24.3 Å². The third-order valence-corrected chi connectivity index (χ3v) is 7.49. The zero-order valence-electron chi connectivity index (χ0n) is 20.5. The monoisotopic (exact) mass is 489 g/mol. The summed E-state index contributed by atoms with van der Waals surface area (Å²) in [6, 6.07) is 23.2. The van der Waals surface area contributed by atoms with E-state index in [2.05, 4.69) is 21.9 Å². The Morgan fingerprint density at radius 2 is 1.33 bits per heavy atom. The van der Waals surface area contributed by atoms with E-state index >= 15 is 0 Å². The minimum absolute atomic E-state index is 0.0736. The molecule has 2 heterocycles. The number of carbonyl (C=O) groups is 1. The van der Waals surface area contributed by atoms with Gasteiger partial charge in [-0.25, -0.2) is 8.78 Å². The number of nitrogens with zero attached hydrogens (tertiary/aromatic N) is 3. The van der Waals surface area contributed by atoms with Crippen molar-refractivity contribution in [3.05, 3.63) is 107 Å². The summed E-state index contributed by atoms with van der Waals surface area (Å²) in [7, 11) is 0. The van der Waals surface area contributed by atoms with Gasteiger partial charge >= 0.3 is 0 Å². The summed E-state index contributed by atoms with van der Waals surface area (Å²) in [5, 5.41) is 0. The molecule has 0 unspecified atom stereocenters. The molecule has 188 valence electrons. The molecule has 0 N–H and O–H groups in total. The molecule has 2 saturated heterocycles. The molecule has 1 amide bonds. The van der Waals surface area contributed by atoms with E-state index in [1.165, 1.54) is 29.8 Å². The van der Waals surface area contributed by atoms with Crippen LogP contribution in [-0.4, -0.2) is 59.4 Å². The van der Waals surface area contributed by atoms with Crippen molar-refractivity contribution in [1.82, 2.24) is 14.7 Å². The van der Waals surface area contributed by atoms with Crippen LogP contribution in [0.25, 0.3) is 0 Å². The van der Waals surface area contributed by atoms with Crippen LogP contribution in [0.1, 0.15) is 42.0 Å². The number of hydrogen-bond acceptors (Lipinski definition) is 3. The lowest BCUT2D eigenvalue weighted by molar-refractivity contribution is -0.140. The molecule has 2 fully saturated rings. The highest BCUT2D eigenvalue weighted by Crippen LogP contribution is 2.31. The van der Waals surface area contributed by atoms with Crippen LogP contribution in [0.15, 0.2) is 78.9 Å². The lowest BCUT2D eigenvalue weighted by Gasteiger charge is -2.43. The minimum Gasteiger partial charge on any atom is -0.339 e. The highest BCUT2D eigenvalue weighted by Gasteiger charge is 2.35. The van der Waals surface area contributed by atoms with Crippen LogP contribution in [0, 0.1) is 11.6 Å². The smallest absolute Gasteiger partial charge is 0.240 e. The van der Waals surface area contributed by atoms with Gasteiger partial charge in [0.2, 0.25) is 5.91 Å². The van der Waals surface area contributed by atoms with Gasteiger partial charge in [0.1, 0.15) is 11.6 Å². The molecule has 0 aliphatic carbocycles. The largest absolute Gasteiger partial charge is 0.339 e. The zero-order valence-corrected chi connectivity index (χ0v) is 20.5. The Kier molecular flexibility index (Phi) is 7.73. The van der Waals surface area contributed by atoms with E-state index in [-0.39, 0.29) is 29.6 Å². The van der Waals surface area contributed by atoms with Crippen molar-refractivity contribution in [2.45, 2.75) is 37.9 Å². The van der Waals surface area contributed by atoms with Gasteiger partial charge in [0.05, 0.1) is 12.1 Å². The van der Waals surface area contributed by atoms with E-state index in [0.717, 1.165) is 43.5 Å². The molecular weight excluding hydrogens is 456 g/mol. The standard InChI is InChI=1S/C30H33F2N3O/c31-26-13-9-24(10-14-26)29(25-11-15-27(32)16-12-25)33-18-20-34(21-19-33)30(36)28-8-4-5-17-35(28)22-23-6-2-1-3-7-23/h1-3,6-7,9-16,28-29H,4-5,8,17-22H2/t28-/m0/s1. The predicted molar refractivity (Wildman–Crippen MR) is 137 cm³/mol. The number of amides is 1. The van der Waals surface area contributed by atoms with Gasteiger partial charge in [-0.2, -0.15) is 0 Å². The number of benzene rings is 3. The summed E-state index contributed by atoms with van der Waals surface area (Å²) in [4.78, 5) is 20.3. The van der Waals surface area contributed by atoms with Crippen molar-refractivity contribution in [1.29, 1.82) is 0 Å². The highest BCUT2D eigenvalue weighted by molar-refractivity contribution is 5.82. The molecule has 5 rings (SSSR count). The molecule has 2 aliphatic rings. The Labute approximate surface area is 212 Å². The average molecular weight is 490 g/mol. The molecule has 3 aromatic rings. The van der Waals surface area contributed by atoms with Crippen molar-refractivity contribution in [3.8, 4) is 0 Å². The van der Waals surface area contributed by atoms with Gasteiger partial charge < -0.3 is 4.90 Å². The number of halogens is 2. The van der Waals surface area contributed by atoms with E-state index in [0.29, 0.717) is 26.2 Å². The first-order chi connectivity index (χ1) is 17.6.